The van der Waals surface area contributed by atoms with E-state index in [1.807, 2.05) is 54.6 Å². The van der Waals surface area contributed by atoms with E-state index in [0.717, 1.165) is 16.9 Å². The van der Waals surface area contributed by atoms with E-state index >= 15 is 0 Å². The van der Waals surface area contributed by atoms with Crippen LogP contribution in [0.3, 0.4) is 0 Å². The second kappa shape index (κ2) is 6.10. The molecule has 0 amide bonds. The molecular weight excluding hydrogens is 252 g/mol. The molecule has 0 aliphatic rings. The second-order valence-corrected chi connectivity index (χ2v) is 4.78. The van der Waals surface area contributed by atoms with Crippen LogP contribution in [0, 0.1) is 0 Å². The SMILES string of the molecule is CC(C)(O[C]=O)c1ccc(/N=N/c2ccccc2)cc1. The molecule has 2 rings (SSSR count). The van der Waals surface area contributed by atoms with Crippen LogP contribution >= 0.6 is 0 Å². The van der Waals surface area contributed by atoms with Gasteiger partial charge in [0.15, 0.2) is 0 Å². The van der Waals surface area contributed by atoms with Crippen LogP contribution in [-0.2, 0) is 15.1 Å². The summed E-state index contributed by atoms with van der Waals surface area (Å²) < 4.78 is 4.92. The van der Waals surface area contributed by atoms with Crippen molar-refractivity contribution in [1.82, 2.24) is 0 Å². The quantitative estimate of drug-likeness (QED) is 0.753. The van der Waals surface area contributed by atoms with Crippen LogP contribution in [-0.4, -0.2) is 6.47 Å². The zero-order chi connectivity index (χ0) is 14.4. The number of hydrogen-bond donors (Lipinski definition) is 0. The Bertz CT molecular complexity index is 590. The van der Waals surface area contributed by atoms with Crippen LogP contribution < -0.4 is 0 Å². The first-order valence-corrected chi connectivity index (χ1v) is 6.24. The third-order valence-electron chi connectivity index (χ3n) is 2.90. The van der Waals surface area contributed by atoms with Crippen LogP contribution in [0.5, 0.6) is 0 Å². The highest BCUT2D eigenvalue weighted by molar-refractivity contribution is 5.44. The van der Waals surface area contributed by atoms with E-state index in [9.17, 15) is 4.79 Å². The number of carbonyl (C=O) groups excluding carboxylic acids is 1. The summed E-state index contributed by atoms with van der Waals surface area (Å²) in [6.45, 7) is 5.08. The molecule has 101 valence electrons. The van der Waals surface area contributed by atoms with Crippen LogP contribution in [0.1, 0.15) is 19.4 Å². The molecule has 0 saturated heterocycles. The fourth-order valence-electron chi connectivity index (χ4n) is 1.70. The van der Waals surface area contributed by atoms with Gasteiger partial charge in [0, 0.05) is 0 Å². The van der Waals surface area contributed by atoms with Gasteiger partial charge in [-0.3, -0.25) is 0 Å². The largest absolute Gasteiger partial charge is 0.446 e. The zero-order valence-corrected chi connectivity index (χ0v) is 11.4. The van der Waals surface area contributed by atoms with Gasteiger partial charge >= 0.3 is 6.47 Å². The van der Waals surface area contributed by atoms with Crippen molar-refractivity contribution in [2.24, 2.45) is 10.2 Å². The van der Waals surface area contributed by atoms with Crippen LogP contribution in [0.25, 0.3) is 0 Å². The molecule has 0 aromatic heterocycles. The first kappa shape index (κ1) is 13.9. The van der Waals surface area contributed by atoms with Crippen molar-refractivity contribution in [2.75, 3.05) is 0 Å². The molecule has 0 unspecified atom stereocenters. The summed E-state index contributed by atoms with van der Waals surface area (Å²) in [5.74, 6) is 0. The van der Waals surface area contributed by atoms with Gasteiger partial charge in [-0.15, -0.1) is 0 Å². The van der Waals surface area contributed by atoms with Crippen LogP contribution in [0.15, 0.2) is 64.8 Å². The molecule has 1 radical (unpaired) electrons. The van der Waals surface area contributed by atoms with Crippen molar-refractivity contribution in [3.8, 4) is 0 Å². The lowest BCUT2D eigenvalue weighted by atomic mass is 9.98. The first-order valence-electron chi connectivity index (χ1n) is 6.24. The van der Waals surface area contributed by atoms with Crippen molar-refractivity contribution >= 4 is 17.8 Å². The highest BCUT2D eigenvalue weighted by atomic mass is 16.5. The standard InChI is InChI=1S/C16H15N2O2/c1-16(2,20-12-19)13-8-10-15(11-9-13)18-17-14-6-4-3-5-7-14/h3-11H,1-2H3/b18-17+. The number of benzene rings is 2. The monoisotopic (exact) mass is 267 g/mol. The van der Waals surface area contributed by atoms with Crippen molar-refractivity contribution < 1.29 is 9.53 Å². The van der Waals surface area contributed by atoms with Gasteiger partial charge in [0.2, 0.25) is 0 Å². The highest BCUT2D eigenvalue weighted by Gasteiger charge is 2.21. The smallest absolute Gasteiger partial charge is 0.418 e. The summed E-state index contributed by atoms with van der Waals surface area (Å²) in [5.41, 5.74) is 1.72. The Kier molecular flexibility index (Phi) is 4.25. The van der Waals surface area contributed by atoms with Gasteiger partial charge in [-0.05, 0) is 43.7 Å². The lowest BCUT2D eigenvalue weighted by molar-refractivity contribution is 0.0879. The van der Waals surface area contributed by atoms with Gasteiger partial charge in [-0.2, -0.15) is 10.2 Å². The Morgan fingerprint density at radius 1 is 0.900 bits per heavy atom. The van der Waals surface area contributed by atoms with E-state index in [2.05, 4.69) is 10.2 Å². The van der Waals surface area contributed by atoms with Gasteiger partial charge in [0.25, 0.3) is 0 Å². The fourth-order valence-corrected chi connectivity index (χ4v) is 1.70. The van der Waals surface area contributed by atoms with Crippen molar-refractivity contribution in [3.05, 3.63) is 60.2 Å². The first-order chi connectivity index (χ1) is 9.62. The van der Waals surface area contributed by atoms with E-state index in [0.29, 0.717) is 0 Å². The Balaban J connectivity index is 2.13. The van der Waals surface area contributed by atoms with E-state index < -0.39 is 5.60 Å². The van der Waals surface area contributed by atoms with Gasteiger partial charge in [0.1, 0.15) is 5.60 Å². The van der Waals surface area contributed by atoms with E-state index in [4.69, 9.17) is 4.74 Å². The fraction of sp³-hybridized carbons (Fsp3) is 0.188. The van der Waals surface area contributed by atoms with Crippen LogP contribution in [0.4, 0.5) is 11.4 Å². The zero-order valence-electron chi connectivity index (χ0n) is 11.4. The van der Waals surface area contributed by atoms with Crippen molar-refractivity contribution in [1.29, 1.82) is 0 Å². The molecule has 0 spiro atoms. The number of nitrogens with zero attached hydrogens (tertiary/aromatic N) is 2. The minimum atomic E-state index is -0.698. The lowest BCUT2D eigenvalue weighted by Gasteiger charge is -2.22. The third-order valence-corrected chi connectivity index (χ3v) is 2.90. The average Bonchev–Trinajstić information content (AvgIpc) is 2.47. The molecule has 0 atom stereocenters. The summed E-state index contributed by atoms with van der Waals surface area (Å²) >= 11 is 0. The molecule has 2 aromatic rings. The summed E-state index contributed by atoms with van der Waals surface area (Å²) in [6.07, 6.45) is 0. The molecule has 0 N–H and O–H groups in total. The van der Waals surface area contributed by atoms with Gasteiger partial charge < -0.3 is 4.74 Å². The molecule has 0 aliphatic carbocycles. The van der Waals surface area contributed by atoms with Crippen molar-refractivity contribution in [3.63, 3.8) is 0 Å². The number of azo groups is 1. The van der Waals surface area contributed by atoms with E-state index in [1.54, 1.807) is 13.8 Å². The topological polar surface area (TPSA) is 51.0 Å². The summed E-state index contributed by atoms with van der Waals surface area (Å²) in [6, 6.07) is 16.9. The Morgan fingerprint density at radius 2 is 1.45 bits per heavy atom. The van der Waals surface area contributed by atoms with E-state index in [-0.39, 0.29) is 0 Å². The molecular formula is C16H15N2O2. The molecule has 0 bridgehead atoms. The molecule has 0 saturated carbocycles. The number of hydrogen-bond acceptors (Lipinski definition) is 4. The third kappa shape index (κ3) is 3.51. The molecule has 0 heterocycles. The molecule has 4 heteroatoms. The maximum atomic E-state index is 10.3. The van der Waals surface area contributed by atoms with Crippen molar-refractivity contribution in [2.45, 2.75) is 19.4 Å². The summed E-state index contributed by atoms with van der Waals surface area (Å²) in [5, 5.41) is 8.29. The van der Waals surface area contributed by atoms with Gasteiger partial charge in [-0.25, -0.2) is 4.79 Å². The molecule has 0 fully saturated rings. The van der Waals surface area contributed by atoms with Crippen LogP contribution in [0.2, 0.25) is 0 Å². The van der Waals surface area contributed by atoms with Gasteiger partial charge in [-0.1, -0.05) is 30.3 Å². The maximum Gasteiger partial charge on any atom is 0.418 e. The normalized spacial score (nSPS) is 11.5. The highest BCUT2D eigenvalue weighted by Crippen LogP contribution is 2.26. The molecule has 4 nitrogen and oxygen atoms in total. The predicted octanol–water partition coefficient (Wildman–Crippen LogP) is 4.42. The Hall–Kier alpha value is -2.49. The Morgan fingerprint density at radius 3 is 2.00 bits per heavy atom. The van der Waals surface area contributed by atoms with Gasteiger partial charge in [0.05, 0.1) is 11.4 Å². The average molecular weight is 267 g/mol. The molecule has 20 heavy (non-hydrogen) atoms. The molecule has 2 aromatic carbocycles. The Labute approximate surface area is 118 Å². The molecule has 0 aliphatic heterocycles. The maximum absolute atomic E-state index is 10.3. The minimum absolute atomic E-state index is 0.698. The number of ether oxygens (including phenoxy) is 1. The predicted molar refractivity (Wildman–Crippen MR) is 76.9 cm³/mol. The summed E-state index contributed by atoms with van der Waals surface area (Å²) in [4.78, 5) is 10.3. The number of rotatable bonds is 5. The summed E-state index contributed by atoms with van der Waals surface area (Å²) in [7, 11) is 0. The second-order valence-electron chi connectivity index (χ2n) is 4.78. The lowest BCUT2D eigenvalue weighted by Crippen LogP contribution is -2.20. The van der Waals surface area contributed by atoms with E-state index in [1.165, 1.54) is 6.47 Å². The minimum Gasteiger partial charge on any atom is -0.446 e.